The summed E-state index contributed by atoms with van der Waals surface area (Å²) in [5.74, 6) is 0.898. The van der Waals surface area contributed by atoms with Crippen molar-refractivity contribution in [1.29, 1.82) is 0 Å². The molecule has 3 aromatic carbocycles. The number of fused-ring (bicyclic) bond motifs is 1. The van der Waals surface area contributed by atoms with Gasteiger partial charge in [0.15, 0.2) is 0 Å². The van der Waals surface area contributed by atoms with E-state index < -0.39 is 0 Å². The lowest BCUT2D eigenvalue weighted by Gasteiger charge is -2.13. The fourth-order valence-corrected chi connectivity index (χ4v) is 3.74. The quantitative estimate of drug-likeness (QED) is 0.399. The Morgan fingerprint density at radius 2 is 1.62 bits per heavy atom. The van der Waals surface area contributed by atoms with E-state index in [2.05, 4.69) is 28.1 Å². The molecule has 0 atom stereocenters. The normalized spacial score (nSPS) is 11.2. The van der Waals surface area contributed by atoms with Gasteiger partial charge in [-0.05, 0) is 49.2 Å². The fraction of sp³-hybridized carbons (Fsp3) is 0.259. The van der Waals surface area contributed by atoms with E-state index in [1.54, 1.807) is 0 Å². The number of benzene rings is 3. The molecule has 0 saturated heterocycles. The van der Waals surface area contributed by atoms with Gasteiger partial charge in [0.2, 0.25) is 5.91 Å². The highest BCUT2D eigenvalue weighted by Crippen LogP contribution is 2.22. The van der Waals surface area contributed by atoms with Gasteiger partial charge in [0, 0.05) is 25.1 Å². The second-order valence-corrected chi connectivity index (χ2v) is 8.09. The van der Waals surface area contributed by atoms with Crippen LogP contribution in [0.5, 0.6) is 0 Å². The highest BCUT2D eigenvalue weighted by atomic mass is 16.5. The zero-order valence-corrected chi connectivity index (χ0v) is 18.6. The Bertz CT molecular complexity index is 1180. The lowest BCUT2D eigenvalue weighted by molar-refractivity contribution is -0.121. The molecule has 0 aliphatic heterocycles. The summed E-state index contributed by atoms with van der Waals surface area (Å²) in [6.45, 7) is 5.08. The van der Waals surface area contributed by atoms with Crippen LogP contribution in [-0.2, 0) is 29.1 Å². The van der Waals surface area contributed by atoms with Crippen LogP contribution in [0.15, 0.2) is 78.9 Å². The number of nitrogens with one attached hydrogen (secondary N) is 1. The number of hydrogen-bond acceptors (Lipinski definition) is 3. The molecule has 0 spiro atoms. The standard InChI is InChI=1S/C27H29N3O2/c1-20(2)32-19-22-11-7-6-10-21(22)18-28-27(31)17-16-26-29-24-14-8-9-15-25(24)30(26)23-12-4-3-5-13-23/h3-15,20H,16-19H2,1-2H3,(H,28,31). The van der Waals surface area contributed by atoms with Crippen LogP contribution in [0, 0.1) is 0 Å². The van der Waals surface area contributed by atoms with E-state index >= 15 is 0 Å². The van der Waals surface area contributed by atoms with E-state index in [-0.39, 0.29) is 12.0 Å². The molecule has 1 amide bonds. The molecule has 5 nitrogen and oxygen atoms in total. The van der Waals surface area contributed by atoms with Crippen LogP contribution in [0.3, 0.4) is 0 Å². The van der Waals surface area contributed by atoms with E-state index in [0.29, 0.717) is 26.0 Å². The maximum Gasteiger partial charge on any atom is 0.220 e. The van der Waals surface area contributed by atoms with Gasteiger partial charge in [-0.3, -0.25) is 9.36 Å². The molecule has 5 heteroatoms. The fourth-order valence-electron chi connectivity index (χ4n) is 3.74. The number of para-hydroxylation sites is 3. The van der Waals surface area contributed by atoms with Crippen LogP contribution in [0.25, 0.3) is 16.7 Å². The van der Waals surface area contributed by atoms with Crippen molar-refractivity contribution < 1.29 is 9.53 Å². The summed E-state index contributed by atoms with van der Waals surface area (Å²) in [7, 11) is 0. The number of aryl methyl sites for hydroxylation is 1. The van der Waals surface area contributed by atoms with Crippen LogP contribution in [0.2, 0.25) is 0 Å². The minimum Gasteiger partial charge on any atom is -0.374 e. The molecule has 32 heavy (non-hydrogen) atoms. The monoisotopic (exact) mass is 427 g/mol. The number of imidazole rings is 1. The van der Waals surface area contributed by atoms with Crippen molar-refractivity contribution in [2.45, 2.75) is 45.9 Å². The molecule has 164 valence electrons. The van der Waals surface area contributed by atoms with Gasteiger partial charge in [-0.1, -0.05) is 54.6 Å². The summed E-state index contributed by atoms with van der Waals surface area (Å²) >= 11 is 0. The molecule has 1 N–H and O–H groups in total. The SMILES string of the molecule is CC(C)OCc1ccccc1CNC(=O)CCc1nc2ccccc2n1-c1ccccc1. The number of aromatic nitrogens is 2. The molecular formula is C27H29N3O2. The minimum atomic E-state index is 0.0104. The Balaban J connectivity index is 1.43. The van der Waals surface area contributed by atoms with Crippen molar-refractivity contribution in [3.63, 3.8) is 0 Å². The van der Waals surface area contributed by atoms with Gasteiger partial charge in [-0.2, -0.15) is 0 Å². The Labute approximate surface area is 189 Å². The summed E-state index contributed by atoms with van der Waals surface area (Å²) in [6, 6.07) is 26.3. The Kier molecular flexibility index (Phi) is 6.97. The van der Waals surface area contributed by atoms with Crippen molar-refractivity contribution in [1.82, 2.24) is 14.9 Å². The Hall–Kier alpha value is -3.44. The zero-order chi connectivity index (χ0) is 22.3. The van der Waals surface area contributed by atoms with E-state index in [1.807, 2.05) is 74.5 Å². The number of nitrogens with zero attached hydrogens (tertiary/aromatic N) is 2. The second kappa shape index (κ2) is 10.2. The Morgan fingerprint density at radius 1 is 0.938 bits per heavy atom. The van der Waals surface area contributed by atoms with Crippen LogP contribution < -0.4 is 5.32 Å². The lowest BCUT2D eigenvalue weighted by Crippen LogP contribution is -2.24. The van der Waals surface area contributed by atoms with Crippen LogP contribution in [-0.4, -0.2) is 21.6 Å². The molecule has 1 heterocycles. The van der Waals surface area contributed by atoms with Gasteiger partial charge in [0.05, 0.1) is 23.7 Å². The molecule has 0 unspecified atom stereocenters. The maximum atomic E-state index is 12.7. The van der Waals surface area contributed by atoms with Crippen LogP contribution in [0.4, 0.5) is 0 Å². The van der Waals surface area contributed by atoms with Crippen LogP contribution >= 0.6 is 0 Å². The number of ether oxygens (including phenoxy) is 1. The second-order valence-electron chi connectivity index (χ2n) is 8.09. The first-order valence-electron chi connectivity index (χ1n) is 11.1. The molecule has 1 aromatic heterocycles. The zero-order valence-electron chi connectivity index (χ0n) is 18.6. The number of hydrogen-bond donors (Lipinski definition) is 1. The van der Waals surface area contributed by atoms with E-state index in [1.165, 1.54) is 0 Å². The molecule has 0 bridgehead atoms. The van der Waals surface area contributed by atoms with Crippen molar-refractivity contribution in [2.24, 2.45) is 0 Å². The molecule has 0 aliphatic rings. The molecule has 4 aromatic rings. The van der Waals surface area contributed by atoms with Crippen molar-refractivity contribution >= 4 is 16.9 Å². The summed E-state index contributed by atoms with van der Waals surface area (Å²) in [6.07, 6.45) is 1.11. The van der Waals surface area contributed by atoms with Gasteiger partial charge < -0.3 is 10.1 Å². The molecule has 4 rings (SSSR count). The van der Waals surface area contributed by atoms with Crippen LogP contribution in [0.1, 0.15) is 37.2 Å². The van der Waals surface area contributed by atoms with Crippen molar-refractivity contribution in [3.05, 3.63) is 95.8 Å². The number of carbonyl (C=O) groups is 1. The first-order chi connectivity index (χ1) is 15.6. The predicted molar refractivity (Wildman–Crippen MR) is 128 cm³/mol. The highest BCUT2D eigenvalue weighted by molar-refractivity contribution is 5.79. The number of carbonyl (C=O) groups excluding carboxylic acids is 1. The van der Waals surface area contributed by atoms with Gasteiger partial charge in [-0.15, -0.1) is 0 Å². The van der Waals surface area contributed by atoms with E-state index in [4.69, 9.17) is 9.72 Å². The first kappa shape index (κ1) is 21.8. The van der Waals surface area contributed by atoms with E-state index in [9.17, 15) is 4.79 Å². The number of rotatable bonds is 9. The highest BCUT2D eigenvalue weighted by Gasteiger charge is 2.14. The summed E-state index contributed by atoms with van der Waals surface area (Å²) in [4.78, 5) is 17.5. The summed E-state index contributed by atoms with van der Waals surface area (Å²) in [5, 5.41) is 3.06. The molecule has 0 aliphatic carbocycles. The third-order valence-corrected chi connectivity index (χ3v) is 5.39. The minimum absolute atomic E-state index is 0.0104. The van der Waals surface area contributed by atoms with Crippen molar-refractivity contribution in [2.75, 3.05) is 0 Å². The average molecular weight is 428 g/mol. The molecule has 0 radical (unpaired) electrons. The third kappa shape index (κ3) is 5.24. The largest absolute Gasteiger partial charge is 0.374 e. The molecule has 0 fully saturated rings. The summed E-state index contributed by atoms with van der Waals surface area (Å²) < 4.78 is 7.88. The van der Waals surface area contributed by atoms with Gasteiger partial charge in [-0.25, -0.2) is 4.98 Å². The van der Waals surface area contributed by atoms with Gasteiger partial charge in [0.1, 0.15) is 5.82 Å². The maximum absolute atomic E-state index is 12.7. The van der Waals surface area contributed by atoms with Crippen molar-refractivity contribution in [3.8, 4) is 5.69 Å². The third-order valence-electron chi connectivity index (χ3n) is 5.39. The van der Waals surface area contributed by atoms with E-state index in [0.717, 1.165) is 33.7 Å². The lowest BCUT2D eigenvalue weighted by atomic mass is 10.1. The average Bonchev–Trinajstić information content (AvgIpc) is 3.19. The first-order valence-corrected chi connectivity index (χ1v) is 11.1. The van der Waals surface area contributed by atoms with Gasteiger partial charge >= 0.3 is 0 Å². The smallest absolute Gasteiger partial charge is 0.220 e. The number of amides is 1. The topological polar surface area (TPSA) is 56.1 Å². The molecule has 0 saturated carbocycles. The van der Waals surface area contributed by atoms with Gasteiger partial charge in [0.25, 0.3) is 0 Å². The predicted octanol–water partition coefficient (Wildman–Crippen LogP) is 5.20. The molecular weight excluding hydrogens is 398 g/mol. The Morgan fingerprint density at radius 3 is 2.41 bits per heavy atom. The summed E-state index contributed by atoms with van der Waals surface area (Å²) in [5.41, 5.74) is 5.22.